The Hall–Kier alpha value is -2.13. The summed E-state index contributed by atoms with van der Waals surface area (Å²) >= 11 is 0. The van der Waals surface area contributed by atoms with Gasteiger partial charge in [0.2, 0.25) is 10.0 Å². The van der Waals surface area contributed by atoms with E-state index in [-0.39, 0.29) is 17.0 Å². The van der Waals surface area contributed by atoms with Crippen LogP contribution in [0.1, 0.15) is 19.8 Å². The van der Waals surface area contributed by atoms with Crippen molar-refractivity contribution in [2.45, 2.75) is 30.7 Å². The van der Waals surface area contributed by atoms with Gasteiger partial charge in [-0.3, -0.25) is 4.79 Å². The Balaban J connectivity index is 2.73. The number of carbonyl (C=O) groups excluding carboxylic acids is 1. The third-order valence-electron chi connectivity index (χ3n) is 2.67. The molecule has 1 aromatic rings. The molecular weight excluding hydrogens is 298 g/mol. The summed E-state index contributed by atoms with van der Waals surface area (Å²) in [6.07, 6.45) is 0.262. The molecule has 0 radical (unpaired) electrons. The summed E-state index contributed by atoms with van der Waals surface area (Å²) in [6.45, 7) is 1.75. The lowest BCUT2D eigenvalue weighted by atomic mass is 10.1. The van der Waals surface area contributed by atoms with Gasteiger partial charge in [0.25, 0.3) is 0 Å². The second-order valence-corrected chi connectivity index (χ2v) is 5.94. The van der Waals surface area contributed by atoms with Gasteiger partial charge in [0.1, 0.15) is 0 Å². The third-order valence-corrected chi connectivity index (χ3v) is 3.58. The summed E-state index contributed by atoms with van der Waals surface area (Å²) in [5, 5.41) is 18.6. The van der Waals surface area contributed by atoms with Crippen LogP contribution < -0.4 is 15.8 Å². The molecule has 5 N–H and O–H groups in total. The fraction of sp³-hybridized carbons (Fsp3) is 0.333. The Labute approximate surface area is 122 Å². The minimum Gasteiger partial charge on any atom is -0.481 e. The first-order valence-electron chi connectivity index (χ1n) is 6.14. The fourth-order valence-corrected chi connectivity index (χ4v) is 2.17. The zero-order chi connectivity index (χ0) is 16.0. The molecule has 0 bridgehead atoms. The highest BCUT2D eigenvalue weighted by Gasteiger charge is 2.14. The molecule has 1 rings (SSSR count). The number of nitrogens with two attached hydrogens (primary N) is 1. The van der Waals surface area contributed by atoms with Gasteiger partial charge in [-0.15, -0.1) is 0 Å². The van der Waals surface area contributed by atoms with Crippen molar-refractivity contribution in [3.8, 4) is 0 Å². The summed E-state index contributed by atoms with van der Waals surface area (Å²) in [7, 11) is -3.85. The summed E-state index contributed by atoms with van der Waals surface area (Å²) in [5.74, 6) is -1.02. The molecule has 0 saturated heterocycles. The van der Waals surface area contributed by atoms with Crippen molar-refractivity contribution in [2.24, 2.45) is 5.14 Å². The molecule has 0 aliphatic rings. The van der Waals surface area contributed by atoms with Gasteiger partial charge in [-0.1, -0.05) is 13.0 Å². The first kappa shape index (κ1) is 16.9. The van der Waals surface area contributed by atoms with E-state index in [0.29, 0.717) is 6.42 Å². The van der Waals surface area contributed by atoms with E-state index in [9.17, 15) is 18.0 Å². The number of benzene rings is 1. The lowest BCUT2D eigenvalue weighted by Gasteiger charge is -2.15. The molecule has 0 fully saturated rings. The Kier molecular flexibility index (Phi) is 5.68. The van der Waals surface area contributed by atoms with Gasteiger partial charge in [-0.25, -0.2) is 18.4 Å². The first-order chi connectivity index (χ1) is 9.72. The van der Waals surface area contributed by atoms with E-state index < -0.39 is 28.1 Å². The number of urea groups is 1. The molecule has 116 valence electrons. The van der Waals surface area contributed by atoms with Crippen molar-refractivity contribution in [3.05, 3.63) is 24.3 Å². The van der Waals surface area contributed by atoms with Crippen molar-refractivity contribution >= 4 is 27.7 Å². The monoisotopic (exact) mass is 315 g/mol. The maximum atomic E-state index is 11.7. The summed E-state index contributed by atoms with van der Waals surface area (Å²) in [5.41, 5.74) is 0.240. The maximum absolute atomic E-state index is 11.7. The number of nitrogens with one attached hydrogen (secondary N) is 2. The Bertz CT molecular complexity index is 630. The molecule has 9 heteroatoms. The van der Waals surface area contributed by atoms with Gasteiger partial charge in [-0.2, -0.15) is 0 Å². The van der Waals surface area contributed by atoms with Gasteiger partial charge in [0.05, 0.1) is 11.3 Å². The highest BCUT2D eigenvalue weighted by molar-refractivity contribution is 7.89. The van der Waals surface area contributed by atoms with Crippen LogP contribution in [0.3, 0.4) is 0 Å². The number of rotatable bonds is 6. The third kappa shape index (κ3) is 5.79. The standard InChI is InChI=1S/C12H17N3O5S/c1-2-8(7-11(16)17)14-12(18)15-9-4-3-5-10(6-9)21(13,19)20/h3-6,8H,2,7H2,1H3,(H,16,17)(H2,13,19,20)(H2,14,15,18). The van der Waals surface area contributed by atoms with E-state index in [1.807, 2.05) is 0 Å². The van der Waals surface area contributed by atoms with E-state index >= 15 is 0 Å². The van der Waals surface area contributed by atoms with Gasteiger partial charge >= 0.3 is 12.0 Å². The number of hydrogen-bond acceptors (Lipinski definition) is 4. The van der Waals surface area contributed by atoms with Crippen LogP contribution in [0.4, 0.5) is 10.5 Å². The first-order valence-corrected chi connectivity index (χ1v) is 7.69. The highest BCUT2D eigenvalue weighted by atomic mass is 32.2. The number of carboxylic acids is 1. The molecule has 1 atom stereocenters. The van der Waals surface area contributed by atoms with Gasteiger partial charge < -0.3 is 15.7 Å². The van der Waals surface area contributed by atoms with Crippen LogP contribution in [-0.2, 0) is 14.8 Å². The molecule has 0 aliphatic carbocycles. The number of amides is 2. The van der Waals surface area contributed by atoms with Crippen molar-refractivity contribution in [1.82, 2.24) is 5.32 Å². The Morgan fingerprint density at radius 3 is 2.57 bits per heavy atom. The fourth-order valence-electron chi connectivity index (χ4n) is 1.61. The second kappa shape index (κ2) is 7.04. The quantitative estimate of drug-likeness (QED) is 0.612. The largest absolute Gasteiger partial charge is 0.481 e. The molecule has 2 amide bonds. The SMILES string of the molecule is CCC(CC(=O)O)NC(=O)Nc1cccc(S(N)(=O)=O)c1. The maximum Gasteiger partial charge on any atom is 0.319 e. The van der Waals surface area contributed by atoms with Crippen LogP contribution >= 0.6 is 0 Å². The second-order valence-electron chi connectivity index (χ2n) is 4.37. The minimum absolute atomic E-state index is 0.127. The van der Waals surface area contributed by atoms with E-state index in [2.05, 4.69) is 10.6 Å². The smallest absolute Gasteiger partial charge is 0.319 e. The van der Waals surface area contributed by atoms with Crippen molar-refractivity contribution in [2.75, 3.05) is 5.32 Å². The Morgan fingerprint density at radius 2 is 2.05 bits per heavy atom. The molecule has 0 aromatic heterocycles. The Morgan fingerprint density at radius 1 is 1.38 bits per heavy atom. The molecule has 0 spiro atoms. The lowest BCUT2D eigenvalue weighted by Crippen LogP contribution is -2.38. The van der Waals surface area contributed by atoms with Crippen molar-refractivity contribution in [3.63, 3.8) is 0 Å². The van der Waals surface area contributed by atoms with E-state index in [1.54, 1.807) is 6.92 Å². The molecule has 1 unspecified atom stereocenters. The van der Waals surface area contributed by atoms with E-state index in [4.69, 9.17) is 10.2 Å². The lowest BCUT2D eigenvalue weighted by molar-refractivity contribution is -0.137. The molecule has 0 heterocycles. The molecule has 1 aromatic carbocycles. The normalized spacial score (nSPS) is 12.5. The molecule has 21 heavy (non-hydrogen) atoms. The van der Waals surface area contributed by atoms with Crippen LogP contribution in [0.2, 0.25) is 0 Å². The molecule has 8 nitrogen and oxygen atoms in total. The van der Waals surface area contributed by atoms with E-state index in [0.717, 1.165) is 0 Å². The van der Waals surface area contributed by atoms with Crippen molar-refractivity contribution in [1.29, 1.82) is 0 Å². The van der Waals surface area contributed by atoms with Crippen LogP contribution in [0.15, 0.2) is 29.2 Å². The average molecular weight is 315 g/mol. The number of carboxylic acid groups (broad SMARTS) is 1. The number of hydrogen-bond donors (Lipinski definition) is 4. The predicted octanol–water partition coefficient (Wildman–Crippen LogP) is 0.709. The average Bonchev–Trinajstić information content (AvgIpc) is 2.36. The number of primary sulfonamides is 1. The summed E-state index contributed by atoms with van der Waals surface area (Å²) in [6, 6.07) is 4.32. The number of sulfonamides is 1. The van der Waals surface area contributed by atoms with Crippen LogP contribution in [0.25, 0.3) is 0 Å². The highest BCUT2D eigenvalue weighted by Crippen LogP contribution is 2.14. The topological polar surface area (TPSA) is 139 Å². The minimum atomic E-state index is -3.85. The van der Waals surface area contributed by atoms with Crippen LogP contribution in [-0.4, -0.2) is 31.6 Å². The number of aliphatic carboxylic acids is 1. The van der Waals surface area contributed by atoms with Gasteiger partial charge in [0, 0.05) is 11.7 Å². The van der Waals surface area contributed by atoms with Gasteiger partial charge in [-0.05, 0) is 24.6 Å². The summed E-state index contributed by atoms with van der Waals surface area (Å²) < 4.78 is 22.4. The van der Waals surface area contributed by atoms with Crippen LogP contribution in [0, 0.1) is 0 Å². The molecular formula is C12H17N3O5S. The zero-order valence-corrected chi connectivity index (χ0v) is 12.2. The summed E-state index contributed by atoms with van der Waals surface area (Å²) in [4.78, 5) is 22.2. The van der Waals surface area contributed by atoms with Crippen LogP contribution in [0.5, 0.6) is 0 Å². The van der Waals surface area contributed by atoms with E-state index in [1.165, 1.54) is 24.3 Å². The predicted molar refractivity (Wildman–Crippen MR) is 76.3 cm³/mol. The van der Waals surface area contributed by atoms with Crippen molar-refractivity contribution < 1.29 is 23.1 Å². The van der Waals surface area contributed by atoms with Gasteiger partial charge in [0.15, 0.2) is 0 Å². The molecule has 0 aliphatic heterocycles. The zero-order valence-electron chi connectivity index (χ0n) is 11.4. The molecule has 0 saturated carbocycles. The number of anilines is 1. The number of carbonyl (C=O) groups is 2.